The predicted molar refractivity (Wildman–Crippen MR) is 155 cm³/mol. The highest BCUT2D eigenvalue weighted by Gasteiger charge is 2.35. The van der Waals surface area contributed by atoms with Crippen LogP contribution in [0.1, 0.15) is 47.7 Å². The van der Waals surface area contributed by atoms with Crippen LogP contribution in [0.15, 0.2) is 48.9 Å². The van der Waals surface area contributed by atoms with Crippen molar-refractivity contribution in [2.24, 2.45) is 0 Å². The summed E-state index contributed by atoms with van der Waals surface area (Å²) < 4.78 is 48.4. The van der Waals surface area contributed by atoms with Crippen molar-refractivity contribution < 1.29 is 22.7 Å². The number of rotatable bonds is 7. The Morgan fingerprint density at radius 1 is 1.07 bits per heavy atom. The number of benzene rings is 1. The number of H-pyrrole nitrogens is 1. The lowest BCUT2D eigenvalue weighted by Gasteiger charge is -2.34. The van der Waals surface area contributed by atoms with Gasteiger partial charge in [0, 0.05) is 57.9 Å². The first-order valence-corrected chi connectivity index (χ1v) is 14.5. The first-order chi connectivity index (χ1) is 20.7. The van der Waals surface area contributed by atoms with Gasteiger partial charge in [-0.3, -0.25) is 19.8 Å². The van der Waals surface area contributed by atoms with E-state index in [1.807, 2.05) is 13.0 Å². The van der Waals surface area contributed by atoms with Crippen molar-refractivity contribution in [1.29, 1.82) is 0 Å². The summed E-state index contributed by atoms with van der Waals surface area (Å²) in [6, 6.07) is 7.94. The number of alkyl halides is 3. The highest BCUT2D eigenvalue weighted by molar-refractivity contribution is 5.81. The minimum atomic E-state index is -4.50. The Morgan fingerprint density at radius 3 is 2.63 bits per heavy atom. The maximum Gasteiger partial charge on any atom is 0.416 e. The number of likely N-dealkylation sites (N-methyl/N-ethyl adjacent to an activating group) is 1. The van der Waals surface area contributed by atoms with Crippen molar-refractivity contribution in [3.63, 3.8) is 0 Å². The van der Waals surface area contributed by atoms with Crippen molar-refractivity contribution in [2.75, 3.05) is 39.3 Å². The van der Waals surface area contributed by atoms with E-state index < -0.39 is 11.7 Å². The van der Waals surface area contributed by atoms with E-state index in [1.165, 1.54) is 6.07 Å². The van der Waals surface area contributed by atoms with E-state index in [0.29, 0.717) is 35.8 Å². The molecule has 6 rings (SSSR count). The average Bonchev–Trinajstić information content (AvgIpc) is 3.48. The number of amides is 1. The number of nitrogens with zero attached hydrogens (tertiary/aromatic N) is 6. The maximum absolute atomic E-state index is 14.1. The molecule has 5 heterocycles. The van der Waals surface area contributed by atoms with Gasteiger partial charge in [-0.15, -0.1) is 0 Å². The molecule has 0 aliphatic carbocycles. The molecular formula is C31H34F3N7O2. The van der Waals surface area contributed by atoms with E-state index in [0.717, 1.165) is 55.4 Å². The Hall–Kier alpha value is -4.03. The summed E-state index contributed by atoms with van der Waals surface area (Å²) in [6.07, 6.45) is 0.296. The topological polar surface area (TPSA) is 90.5 Å². The third-order valence-electron chi connectivity index (χ3n) is 8.33. The summed E-state index contributed by atoms with van der Waals surface area (Å²) in [7, 11) is 0. The molecular weight excluding hydrogens is 559 g/mol. The average molecular weight is 594 g/mol. The smallest absolute Gasteiger partial charge is 0.416 e. The van der Waals surface area contributed by atoms with Crippen molar-refractivity contribution in [3.05, 3.63) is 76.9 Å². The summed E-state index contributed by atoms with van der Waals surface area (Å²) >= 11 is 0. The number of carbonyl (C=O) groups is 1. The zero-order valence-electron chi connectivity index (χ0n) is 24.2. The molecule has 1 atom stereocenters. The van der Waals surface area contributed by atoms with Gasteiger partial charge in [-0.1, -0.05) is 26.0 Å². The molecule has 12 heteroatoms. The Morgan fingerprint density at radius 2 is 1.86 bits per heavy atom. The molecule has 0 spiro atoms. The minimum absolute atomic E-state index is 0.0375. The quantitative estimate of drug-likeness (QED) is 0.323. The van der Waals surface area contributed by atoms with Gasteiger partial charge in [-0.05, 0) is 41.4 Å². The minimum Gasteiger partial charge on any atom is -0.455 e. The SMILES string of the molecule is CCN1CCN(Cc2ccc(CC(=O)N3Cc4cc(Oc5ccnc6[nH]ncc56)cnc4C(C)C3)cc2C(F)(F)F)CC1. The van der Waals surface area contributed by atoms with Gasteiger partial charge in [0.1, 0.15) is 11.5 Å². The number of hydrogen-bond acceptors (Lipinski definition) is 7. The molecule has 226 valence electrons. The zero-order valence-corrected chi connectivity index (χ0v) is 24.2. The number of aromatic amines is 1. The molecule has 1 fully saturated rings. The summed E-state index contributed by atoms with van der Waals surface area (Å²) in [4.78, 5) is 28.3. The first kappa shape index (κ1) is 29.1. The maximum atomic E-state index is 14.1. The van der Waals surface area contributed by atoms with Crippen LogP contribution in [0.25, 0.3) is 11.0 Å². The second kappa shape index (κ2) is 11.9. The number of piperazine rings is 1. The molecule has 43 heavy (non-hydrogen) atoms. The van der Waals surface area contributed by atoms with Gasteiger partial charge in [-0.2, -0.15) is 18.3 Å². The van der Waals surface area contributed by atoms with Crippen LogP contribution in [0.5, 0.6) is 11.5 Å². The number of fused-ring (bicyclic) bond motifs is 2. The summed E-state index contributed by atoms with van der Waals surface area (Å²) in [6.45, 7) is 9.16. The molecule has 1 amide bonds. The summed E-state index contributed by atoms with van der Waals surface area (Å²) in [5.74, 6) is 0.819. The second-order valence-corrected chi connectivity index (χ2v) is 11.3. The highest BCUT2D eigenvalue weighted by Crippen LogP contribution is 2.35. The van der Waals surface area contributed by atoms with Crippen LogP contribution in [-0.2, 0) is 30.5 Å². The van der Waals surface area contributed by atoms with Crippen LogP contribution >= 0.6 is 0 Å². The number of carbonyl (C=O) groups excluding carboxylic acids is 1. The molecule has 2 aliphatic heterocycles. The third-order valence-corrected chi connectivity index (χ3v) is 8.33. The van der Waals surface area contributed by atoms with E-state index in [-0.39, 0.29) is 30.4 Å². The van der Waals surface area contributed by atoms with Gasteiger partial charge in [0.25, 0.3) is 0 Å². The van der Waals surface area contributed by atoms with E-state index in [4.69, 9.17) is 4.74 Å². The van der Waals surface area contributed by atoms with Crippen molar-refractivity contribution in [2.45, 2.75) is 45.5 Å². The fourth-order valence-electron chi connectivity index (χ4n) is 5.97. The van der Waals surface area contributed by atoms with E-state index >= 15 is 0 Å². The lowest BCUT2D eigenvalue weighted by Crippen LogP contribution is -2.45. The van der Waals surface area contributed by atoms with Crippen LogP contribution in [0.2, 0.25) is 0 Å². The molecule has 1 N–H and O–H groups in total. The normalized spacial score (nSPS) is 18.2. The van der Waals surface area contributed by atoms with Gasteiger partial charge in [0.05, 0.1) is 35.5 Å². The first-order valence-electron chi connectivity index (χ1n) is 14.5. The van der Waals surface area contributed by atoms with Crippen LogP contribution in [0.4, 0.5) is 13.2 Å². The van der Waals surface area contributed by atoms with Gasteiger partial charge < -0.3 is 14.5 Å². The number of ether oxygens (including phenoxy) is 1. The fraction of sp³-hybridized carbons (Fsp3) is 0.419. The van der Waals surface area contributed by atoms with Crippen molar-refractivity contribution in [3.8, 4) is 11.5 Å². The lowest BCUT2D eigenvalue weighted by atomic mass is 9.95. The zero-order chi connectivity index (χ0) is 30.1. The molecule has 9 nitrogen and oxygen atoms in total. The Kier molecular flexibility index (Phi) is 8.06. The van der Waals surface area contributed by atoms with E-state index in [9.17, 15) is 18.0 Å². The number of pyridine rings is 2. The van der Waals surface area contributed by atoms with Crippen LogP contribution in [0, 0.1) is 0 Å². The number of nitrogens with one attached hydrogen (secondary N) is 1. The Balaban J connectivity index is 1.16. The highest BCUT2D eigenvalue weighted by atomic mass is 19.4. The summed E-state index contributed by atoms with van der Waals surface area (Å²) in [5.41, 5.74) is 2.26. The van der Waals surface area contributed by atoms with Crippen molar-refractivity contribution >= 4 is 16.9 Å². The Bertz CT molecular complexity index is 1610. The van der Waals surface area contributed by atoms with Gasteiger partial charge in [0.2, 0.25) is 5.91 Å². The molecule has 1 aromatic carbocycles. The number of aromatic nitrogens is 4. The molecule has 0 saturated carbocycles. The molecule has 0 radical (unpaired) electrons. The van der Waals surface area contributed by atoms with Crippen LogP contribution < -0.4 is 4.74 Å². The molecule has 0 bridgehead atoms. The molecule has 3 aromatic heterocycles. The van der Waals surface area contributed by atoms with Crippen molar-refractivity contribution in [1.82, 2.24) is 34.9 Å². The Labute approximate surface area is 247 Å². The molecule has 2 aliphatic rings. The standard InChI is InChI=1S/C31H34F3N7O2/c1-3-39-8-10-40(11-9-39)18-22-5-4-21(12-26(22)31(32,33)34)13-28(42)41-17-20(2)29-23(19-41)14-24(15-36-29)43-27-6-7-35-30-25(27)16-37-38-30/h4-7,12,14-16,20H,3,8-11,13,17-19H2,1-2H3,(H,35,37,38). The van der Waals surface area contributed by atoms with Gasteiger partial charge in [-0.25, -0.2) is 4.98 Å². The third kappa shape index (κ3) is 6.35. The lowest BCUT2D eigenvalue weighted by molar-refractivity contribution is -0.138. The number of hydrogen-bond donors (Lipinski definition) is 1. The molecule has 1 saturated heterocycles. The summed E-state index contributed by atoms with van der Waals surface area (Å²) in [5, 5.41) is 7.55. The predicted octanol–water partition coefficient (Wildman–Crippen LogP) is 4.99. The van der Waals surface area contributed by atoms with E-state index in [1.54, 1.807) is 35.6 Å². The van der Waals surface area contributed by atoms with Crippen LogP contribution in [-0.4, -0.2) is 80.0 Å². The van der Waals surface area contributed by atoms with Gasteiger partial charge >= 0.3 is 6.18 Å². The molecule has 1 unspecified atom stereocenters. The fourth-order valence-corrected chi connectivity index (χ4v) is 5.97. The largest absolute Gasteiger partial charge is 0.455 e. The second-order valence-electron chi connectivity index (χ2n) is 11.3. The van der Waals surface area contributed by atoms with Gasteiger partial charge in [0.15, 0.2) is 5.65 Å². The monoisotopic (exact) mass is 593 g/mol. The molecule has 4 aromatic rings. The number of halogens is 3. The van der Waals surface area contributed by atoms with Crippen LogP contribution in [0.3, 0.4) is 0 Å². The van der Waals surface area contributed by atoms with E-state index in [2.05, 4.69) is 36.9 Å².